The van der Waals surface area contributed by atoms with E-state index in [9.17, 15) is 9.59 Å². The molecule has 0 aliphatic heterocycles. The Balaban J connectivity index is 1.67. The van der Waals surface area contributed by atoms with Crippen LogP contribution < -0.4 is 5.56 Å². The van der Waals surface area contributed by atoms with E-state index in [1.54, 1.807) is 0 Å². The minimum absolute atomic E-state index is 0.0118. The third kappa shape index (κ3) is 3.69. The van der Waals surface area contributed by atoms with Crippen molar-refractivity contribution in [3.63, 3.8) is 0 Å². The Morgan fingerprint density at radius 2 is 1.81 bits per heavy atom. The molecule has 1 aromatic heterocycles. The number of nitrogens with zero attached hydrogens (tertiary/aromatic N) is 2. The first-order valence-corrected chi connectivity index (χ1v) is 10.4. The Hall–Kier alpha value is -2.40. The van der Waals surface area contributed by atoms with Gasteiger partial charge in [-0.25, -0.2) is 4.98 Å². The van der Waals surface area contributed by atoms with Crippen LogP contribution in [0.5, 0.6) is 0 Å². The van der Waals surface area contributed by atoms with Gasteiger partial charge in [0.05, 0.1) is 16.7 Å². The van der Waals surface area contributed by atoms with Crippen molar-refractivity contribution in [2.75, 3.05) is 5.75 Å². The molecule has 2 aromatic carbocycles. The van der Waals surface area contributed by atoms with Gasteiger partial charge in [0.1, 0.15) is 0 Å². The van der Waals surface area contributed by atoms with Gasteiger partial charge in [0.15, 0.2) is 10.9 Å². The van der Waals surface area contributed by atoms with E-state index in [2.05, 4.69) is 0 Å². The molecule has 0 unspecified atom stereocenters. The molecule has 1 aliphatic carbocycles. The van der Waals surface area contributed by atoms with Crippen molar-refractivity contribution in [2.45, 2.75) is 43.8 Å². The highest BCUT2D eigenvalue weighted by Crippen LogP contribution is 2.32. The molecule has 1 saturated carbocycles. The number of carbonyl (C=O) groups excluding carboxylic acids is 1. The highest BCUT2D eigenvalue weighted by atomic mass is 32.2. The fourth-order valence-electron chi connectivity index (χ4n) is 3.66. The van der Waals surface area contributed by atoms with E-state index in [1.165, 1.54) is 11.8 Å². The van der Waals surface area contributed by atoms with Crippen molar-refractivity contribution in [2.24, 2.45) is 0 Å². The molecule has 3 aromatic rings. The van der Waals surface area contributed by atoms with Crippen LogP contribution in [-0.4, -0.2) is 21.1 Å². The quantitative estimate of drug-likeness (QED) is 0.364. The van der Waals surface area contributed by atoms with Gasteiger partial charge in [-0.05, 0) is 31.9 Å². The molecule has 0 bridgehead atoms. The number of thioether (sulfide) groups is 1. The molecule has 0 amide bonds. The van der Waals surface area contributed by atoms with E-state index in [0.29, 0.717) is 21.6 Å². The highest BCUT2D eigenvalue weighted by Gasteiger charge is 2.23. The van der Waals surface area contributed by atoms with Crippen molar-refractivity contribution in [1.82, 2.24) is 9.55 Å². The third-order valence-electron chi connectivity index (χ3n) is 5.17. The topological polar surface area (TPSA) is 52.0 Å². The molecule has 1 aliphatic rings. The van der Waals surface area contributed by atoms with E-state index in [-0.39, 0.29) is 23.1 Å². The second-order valence-corrected chi connectivity index (χ2v) is 8.05. The minimum atomic E-state index is 0.0118. The maximum atomic E-state index is 13.1. The average Bonchev–Trinajstić information content (AvgIpc) is 3.21. The van der Waals surface area contributed by atoms with Crippen molar-refractivity contribution in [1.29, 1.82) is 0 Å². The number of aryl methyl sites for hydroxylation is 1. The lowest BCUT2D eigenvalue weighted by atomic mass is 10.1. The molecule has 0 spiro atoms. The lowest BCUT2D eigenvalue weighted by Crippen LogP contribution is -2.26. The predicted molar refractivity (Wildman–Crippen MR) is 110 cm³/mol. The summed E-state index contributed by atoms with van der Waals surface area (Å²) >= 11 is 1.37. The summed E-state index contributed by atoms with van der Waals surface area (Å²) in [4.78, 5) is 30.4. The second kappa shape index (κ2) is 7.69. The van der Waals surface area contributed by atoms with Crippen LogP contribution in [0.1, 0.15) is 47.6 Å². The number of para-hydroxylation sites is 1. The van der Waals surface area contributed by atoms with Gasteiger partial charge in [0.25, 0.3) is 5.56 Å². The second-order valence-electron chi connectivity index (χ2n) is 7.10. The van der Waals surface area contributed by atoms with Crippen LogP contribution in [0.4, 0.5) is 0 Å². The summed E-state index contributed by atoms with van der Waals surface area (Å²) in [6.45, 7) is 2.00. The summed E-state index contributed by atoms with van der Waals surface area (Å²) in [5, 5.41) is 1.31. The first kappa shape index (κ1) is 18.0. The summed E-state index contributed by atoms with van der Waals surface area (Å²) in [6, 6.07) is 15.3. The van der Waals surface area contributed by atoms with Gasteiger partial charge < -0.3 is 0 Å². The zero-order chi connectivity index (χ0) is 18.8. The Labute approximate surface area is 162 Å². The van der Waals surface area contributed by atoms with Crippen LogP contribution in [0.25, 0.3) is 10.9 Å². The minimum Gasteiger partial charge on any atom is -0.293 e. The number of aromatic nitrogens is 2. The van der Waals surface area contributed by atoms with E-state index < -0.39 is 0 Å². The molecule has 0 atom stereocenters. The number of Topliss-reactive ketones (excluding diaryl/α,β-unsaturated/α-hetero) is 1. The zero-order valence-corrected chi connectivity index (χ0v) is 16.2. The first-order valence-electron chi connectivity index (χ1n) is 9.37. The number of fused-ring (bicyclic) bond motifs is 1. The zero-order valence-electron chi connectivity index (χ0n) is 15.4. The summed E-state index contributed by atoms with van der Waals surface area (Å²) in [5.41, 5.74) is 2.54. The van der Waals surface area contributed by atoms with Crippen LogP contribution in [0.3, 0.4) is 0 Å². The third-order valence-corrected chi connectivity index (χ3v) is 6.12. The number of benzene rings is 2. The molecule has 138 valence electrons. The molecular weight excluding hydrogens is 356 g/mol. The molecule has 27 heavy (non-hydrogen) atoms. The van der Waals surface area contributed by atoms with E-state index in [4.69, 9.17) is 4.98 Å². The van der Waals surface area contributed by atoms with Crippen LogP contribution >= 0.6 is 11.8 Å². The summed E-state index contributed by atoms with van der Waals surface area (Å²) in [6.07, 6.45) is 4.27. The fraction of sp³-hybridized carbons (Fsp3) is 0.318. The molecular formula is C22H22N2O2S. The van der Waals surface area contributed by atoms with Gasteiger partial charge in [-0.3, -0.25) is 14.2 Å². The van der Waals surface area contributed by atoms with Crippen molar-refractivity contribution < 1.29 is 4.79 Å². The number of hydrogen-bond acceptors (Lipinski definition) is 4. The van der Waals surface area contributed by atoms with Crippen LogP contribution in [0, 0.1) is 6.92 Å². The number of rotatable bonds is 5. The highest BCUT2D eigenvalue weighted by molar-refractivity contribution is 7.99. The molecule has 4 rings (SSSR count). The average molecular weight is 378 g/mol. The van der Waals surface area contributed by atoms with Crippen LogP contribution in [0.2, 0.25) is 0 Å². The van der Waals surface area contributed by atoms with Crippen molar-refractivity contribution in [3.05, 3.63) is 70.0 Å². The van der Waals surface area contributed by atoms with E-state index in [0.717, 1.165) is 31.2 Å². The lowest BCUT2D eigenvalue weighted by molar-refractivity contribution is 0.102. The van der Waals surface area contributed by atoms with Gasteiger partial charge in [-0.15, -0.1) is 0 Å². The normalized spacial score (nSPS) is 14.7. The SMILES string of the molecule is Cc1ccc(C(=O)CSc2nc3ccccc3c(=O)n2C2CCCC2)cc1. The van der Waals surface area contributed by atoms with Gasteiger partial charge in [0, 0.05) is 11.6 Å². The van der Waals surface area contributed by atoms with Gasteiger partial charge in [-0.1, -0.05) is 66.6 Å². The van der Waals surface area contributed by atoms with Crippen molar-refractivity contribution >= 4 is 28.4 Å². The van der Waals surface area contributed by atoms with Crippen molar-refractivity contribution in [3.8, 4) is 0 Å². The molecule has 0 saturated heterocycles. The molecule has 0 radical (unpaired) electrons. The summed E-state index contributed by atoms with van der Waals surface area (Å²) in [7, 11) is 0. The summed E-state index contributed by atoms with van der Waals surface area (Å²) in [5.74, 6) is 0.334. The van der Waals surface area contributed by atoms with Gasteiger partial charge >= 0.3 is 0 Å². The van der Waals surface area contributed by atoms with E-state index in [1.807, 2.05) is 60.0 Å². The van der Waals surface area contributed by atoms with Crippen LogP contribution in [-0.2, 0) is 0 Å². The monoisotopic (exact) mass is 378 g/mol. The molecule has 0 N–H and O–H groups in total. The van der Waals surface area contributed by atoms with Gasteiger partial charge in [0.2, 0.25) is 0 Å². The fourth-order valence-corrected chi connectivity index (χ4v) is 4.63. The van der Waals surface area contributed by atoms with Crippen LogP contribution in [0.15, 0.2) is 58.5 Å². The summed E-state index contributed by atoms with van der Waals surface area (Å²) < 4.78 is 1.84. The lowest BCUT2D eigenvalue weighted by Gasteiger charge is -2.18. The van der Waals surface area contributed by atoms with E-state index >= 15 is 0 Å². The Bertz CT molecular complexity index is 1030. The van der Waals surface area contributed by atoms with Gasteiger partial charge in [-0.2, -0.15) is 0 Å². The first-order chi connectivity index (χ1) is 13.1. The Kier molecular flexibility index (Phi) is 5.12. The Morgan fingerprint density at radius 1 is 1.11 bits per heavy atom. The maximum absolute atomic E-state index is 13.1. The predicted octanol–water partition coefficient (Wildman–Crippen LogP) is 4.80. The standard InChI is InChI=1S/C22H22N2O2S/c1-15-10-12-16(13-11-15)20(25)14-27-22-23-19-9-5-4-8-18(19)21(26)24(22)17-6-2-3-7-17/h4-5,8-13,17H,2-3,6-7,14H2,1H3. The molecule has 1 heterocycles. The number of hydrogen-bond donors (Lipinski definition) is 0. The molecule has 5 heteroatoms. The largest absolute Gasteiger partial charge is 0.293 e. The number of ketones is 1. The Morgan fingerprint density at radius 3 is 2.56 bits per heavy atom. The maximum Gasteiger partial charge on any atom is 0.262 e. The smallest absolute Gasteiger partial charge is 0.262 e. The molecule has 4 nitrogen and oxygen atoms in total. The number of carbonyl (C=O) groups is 1. The molecule has 1 fully saturated rings.